The molecule has 1 aliphatic rings. The van der Waals surface area contributed by atoms with Crippen LogP contribution in [0.2, 0.25) is 0 Å². The third-order valence-electron chi connectivity index (χ3n) is 5.41. The number of para-hydroxylation sites is 2. The number of benzene rings is 3. The Morgan fingerprint density at radius 2 is 1.17 bits per heavy atom. The Labute approximate surface area is 174 Å². The maximum Gasteiger partial charge on any atom is 0.0459 e. The van der Waals surface area contributed by atoms with E-state index in [9.17, 15) is 0 Å². The number of nitrogens with zero attached hydrogens (tertiary/aromatic N) is 2. The molecule has 0 saturated heterocycles. The first kappa shape index (κ1) is 19.1. The Bertz CT molecular complexity index is 1000. The molecule has 1 aliphatic carbocycles. The van der Waals surface area contributed by atoms with Crippen LogP contribution in [0.25, 0.3) is 0 Å². The highest BCUT2D eigenvalue weighted by molar-refractivity contribution is 5.72. The van der Waals surface area contributed by atoms with Gasteiger partial charge in [-0.1, -0.05) is 55.0 Å². The van der Waals surface area contributed by atoms with Crippen molar-refractivity contribution in [3.63, 3.8) is 0 Å². The van der Waals surface area contributed by atoms with Crippen molar-refractivity contribution in [2.75, 3.05) is 16.8 Å². The maximum absolute atomic E-state index is 2.39. The first-order chi connectivity index (χ1) is 14.1. The van der Waals surface area contributed by atoms with E-state index in [1.54, 1.807) is 0 Å². The van der Waals surface area contributed by atoms with Gasteiger partial charge in [0.25, 0.3) is 0 Å². The summed E-state index contributed by atoms with van der Waals surface area (Å²) < 4.78 is 0. The molecule has 0 spiro atoms. The molecule has 2 nitrogen and oxygen atoms in total. The third kappa shape index (κ3) is 4.27. The van der Waals surface area contributed by atoms with E-state index in [2.05, 4.69) is 122 Å². The van der Waals surface area contributed by atoms with Crippen LogP contribution in [0.3, 0.4) is 0 Å². The van der Waals surface area contributed by atoms with Crippen LogP contribution >= 0.6 is 0 Å². The smallest absolute Gasteiger partial charge is 0.0459 e. The second-order valence-electron chi connectivity index (χ2n) is 7.81. The first-order valence-electron chi connectivity index (χ1n) is 10.2. The van der Waals surface area contributed by atoms with Crippen LogP contribution in [0.1, 0.15) is 20.3 Å². The van der Waals surface area contributed by atoms with Gasteiger partial charge >= 0.3 is 0 Å². The predicted octanol–water partition coefficient (Wildman–Crippen LogP) is 7.46. The van der Waals surface area contributed by atoms with Gasteiger partial charge in [0.1, 0.15) is 0 Å². The van der Waals surface area contributed by atoms with Crippen LogP contribution in [-0.4, -0.2) is 7.05 Å². The average Bonchev–Trinajstić information content (AvgIpc) is 2.75. The fourth-order valence-corrected chi connectivity index (χ4v) is 4.05. The van der Waals surface area contributed by atoms with E-state index in [1.165, 1.54) is 34.0 Å². The Balaban J connectivity index is 1.69. The highest BCUT2D eigenvalue weighted by Crippen LogP contribution is 2.36. The van der Waals surface area contributed by atoms with E-state index >= 15 is 0 Å². The van der Waals surface area contributed by atoms with E-state index in [1.807, 2.05) is 6.07 Å². The number of rotatable bonds is 5. The highest BCUT2D eigenvalue weighted by atomic mass is 15.2. The van der Waals surface area contributed by atoms with Crippen molar-refractivity contribution in [3.8, 4) is 0 Å². The number of anilines is 4. The maximum atomic E-state index is 2.39. The largest absolute Gasteiger partial charge is 0.345 e. The lowest BCUT2D eigenvalue weighted by atomic mass is 9.94. The van der Waals surface area contributed by atoms with Crippen molar-refractivity contribution < 1.29 is 0 Å². The Kier molecular flexibility index (Phi) is 5.53. The van der Waals surface area contributed by atoms with E-state index in [-0.39, 0.29) is 0 Å². The van der Waals surface area contributed by atoms with Crippen molar-refractivity contribution in [3.05, 3.63) is 108 Å². The average molecular weight is 381 g/mol. The number of hydrogen-bond donors (Lipinski definition) is 0. The molecule has 1 atom stereocenters. The molecule has 0 radical (unpaired) electrons. The SMILES string of the molecule is CC1=CC(C)CC(N(c2ccccc2)c2ccc(N(C)c3ccccc3)cc2)=C1. The van der Waals surface area contributed by atoms with Gasteiger partial charge in [-0.15, -0.1) is 0 Å². The molecule has 0 aliphatic heterocycles. The summed E-state index contributed by atoms with van der Waals surface area (Å²) in [5.74, 6) is 0.546. The summed E-state index contributed by atoms with van der Waals surface area (Å²) >= 11 is 0. The zero-order chi connectivity index (χ0) is 20.2. The van der Waals surface area contributed by atoms with Gasteiger partial charge in [-0.05, 0) is 73.9 Å². The standard InChI is InChI=1S/C27H28N2/c1-21-18-22(2)20-27(19-21)29(25-12-8-5-9-13-25)26-16-14-24(15-17-26)28(3)23-10-6-4-7-11-23/h4-19,22H,20H2,1-3H3. The fourth-order valence-electron chi connectivity index (χ4n) is 4.05. The van der Waals surface area contributed by atoms with E-state index in [0.717, 1.165) is 6.42 Å². The summed E-state index contributed by atoms with van der Waals surface area (Å²) in [5, 5.41) is 0. The molecular weight excluding hydrogens is 352 g/mol. The molecule has 3 aromatic rings. The van der Waals surface area contributed by atoms with Crippen LogP contribution in [0.5, 0.6) is 0 Å². The lowest BCUT2D eigenvalue weighted by Crippen LogP contribution is -2.20. The van der Waals surface area contributed by atoms with E-state index in [4.69, 9.17) is 0 Å². The quantitative estimate of drug-likeness (QED) is 0.453. The Morgan fingerprint density at radius 1 is 0.690 bits per heavy atom. The van der Waals surface area contributed by atoms with Crippen molar-refractivity contribution in [1.29, 1.82) is 0 Å². The molecule has 1 unspecified atom stereocenters. The summed E-state index contributed by atoms with van der Waals surface area (Å²) in [6.07, 6.45) is 5.71. The zero-order valence-electron chi connectivity index (χ0n) is 17.4. The third-order valence-corrected chi connectivity index (χ3v) is 5.41. The van der Waals surface area contributed by atoms with Crippen molar-refractivity contribution >= 4 is 22.7 Å². The zero-order valence-corrected chi connectivity index (χ0v) is 17.4. The van der Waals surface area contributed by atoms with Gasteiger partial charge < -0.3 is 9.80 Å². The van der Waals surface area contributed by atoms with Gasteiger partial charge in [-0.25, -0.2) is 0 Å². The van der Waals surface area contributed by atoms with Gasteiger partial charge in [-0.2, -0.15) is 0 Å². The molecule has 0 aromatic heterocycles. The second kappa shape index (κ2) is 8.40. The summed E-state index contributed by atoms with van der Waals surface area (Å²) in [5.41, 5.74) is 7.42. The minimum atomic E-state index is 0.546. The molecule has 0 saturated carbocycles. The second-order valence-corrected chi connectivity index (χ2v) is 7.81. The molecule has 3 aromatic carbocycles. The molecule has 0 heterocycles. The molecule has 0 N–H and O–H groups in total. The summed E-state index contributed by atoms with van der Waals surface area (Å²) in [7, 11) is 2.11. The molecule has 2 heteroatoms. The normalized spacial score (nSPS) is 16.0. The summed E-state index contributed by atoms with van der Waals surface area (Å²) in [6, 6.07) is 30.0. The van der Waals surface area contributed by atoms with Crippen LogP contribution in [0, 0.1) is 5.92 Å². The van der Waals surface area contributed by atoms with E-state index in [0.29, 0.717) is 5.92 Å². The Hall–Kier alpha value is -3.26. The first-order valence-corrected chi connectivity index (χ1v) is 10.2. The number of hydrogen-bond acceptors (Lipinski definition) is 2. The molecule has 0 amide bonds. The summed E-state index contributed by atoms with van der Waals surface area (Å²) in [4.78, 5) is 4.60. The van der Waals surface area contributed by atoms with Crippen molar-refractivity contribution in [2.24, 2.45) is 5.92 Å². The molecule has 0 fully saturated rings. The van der Waals surface area contributed by atoms with Gasteiger partial charge in [0.05, 0.1) is 0 Å². The molecule has 29 heavy (non-hydrogen) atoms. The molecule has 0 bridgehead atoms. The van der Waals surface area contributed by atoms with E-state index < -0.39 is 0 Å². The topological polar surface area (TPSA) is 6.48 Å². The molecule has 4 rings (SSSR count). The lowest BCUT2D eigenvalue weighted by Gasteiger charge is -2.31. The molecule has 146 valence electrons. The van der Waals surface area contributed by atoms with Crippen LogP contribution in [-0.2, 0) is 0 Å². The van der Waals surface area contributed by atoms with Gasteiger partial charge in [0, 0.05) is 35.5 Å². The predicted molar refractivity (Wildman–Crippen MR) is 125 cm³/mol. The Morgan fingerprint density at radius 3 is 1.76 bits per heavy atom. The van der Waals surface area contributed by atoms with Gasteiger partial charge in [-0.3, -0.25) is 0 Å². The monoisotopic (exact) mass is 380 g/mol. The van der Waals surface area contributed by atoms with Crippen molar-refractivity contribution in [2.45, 2.75) is 20.3 Å². The van der Waals surface area contributed by atoms with Crippen LogP contribution < -0.4 is 9.80 Å². The minimum absolute atomic E-state index is 0.546. The van der Waals surface area contributed by atoms with Crippen LogP contribution in [0.15, 0.2) is 108 Å². The van der Waals surface area contributed by atoms with Gasteiger partial charge in [0.15, 0.2) is 0 Å². The van der Waals surface area contributed by atoms with Crippen LogP contribution in [0.4, 0.5) is 22.7 Å². The highest BCUT2D eigenvalue weighted by Gasteiger charge is 2.19. The summed E-state index contributed by atoms with van der Waals surface area (Å²) in [6.45, 7) is 4.48. The number of allylic oxidation sites excluding steroid dienone is 4. The lowest BCUT2D eigenvalue weighted by molar-refractivity contribution is 0.689. The minimum Gasteiger partial charge on any atom is -0.345 e. The van der Waals surface area contributed by atoms with Crippen molar-refractivity contribution in [1.82, 2.24) is 0 Å². The van der Waals surface area contributed by atoms with Gasteiger partial charge in [0.2, 0.25) is 0 Å². The fraction of sp³-hybridized carbons (Fsp3) is 0.185. The molecular formula is C27H28N2.